The number of nitrogens with two attached hydrogens (primary N) is 1. The fourth-order valence-electron chi connectivity index (χ4n) is 3.70. The van der Waals surface area contributed by atoms with Gasteiger partial charge in [0.25, 0.3) is 0 Å². The Morgan fingerprint density at radius 1 is 1.18 bits per heavy atom. The number of carbonyl (C=O) groups is 1. The van der Waals surface area contributed by atoms with Crippen LogP contribution >= 0.6 is 11.6 Å². The highest BCUT2D eigenvalue weighted by Crippen LogP contribution is 2.42. The van der Waals surface area contributed by atoms with Gasteiger partial charge >= 0.3 is 5.97 Å². The molecule has 6 nitrogen and oxygen atoms in total. The number of nitrogen functional groups attached to an aromatic ring is 1. The quantitative estimate of drug-likeness (QED) is 0.587. The smallest absolute Gasteiger partial charge is 0.320 e. The van der Waals surface area contributed by atoms with Crippen LogP contribution in [0.25, 0.3) is 0 Å². The number of benzene rings is 2. The van der Waals surface area contributed by atoms with E-state index in [0.717, 1.165) is 23.1 Å². The van der Waals surface area contributed by atoms with Crippen LogP contribution in [-0.4, -0.2) is 44.8 Å². The Bertz CT molecular complexity index is 872. The third-order valence-electron chi connectivity index (χ3n) is 4.95. The Kier molecular flexibility index (Phi) is 6.31. The fourth-order valence-corrected chi connectivity index (χ4v) is 3.88. The maximum atomic E-state index is 12.2. The van der Waals surface area contributed by atoms with Crippen LogP contribution in [0.3, 0.4) is 0 Å². The van der Waals surface area contributed by atoms with Gasteiger partial charge in [-0.15, -0.1) is 0 Å². The molecule has 1 heterocycles. The Hall–Kier alpha value is -2.44. The van der Waals surface area contributed by atoms with Gasteiger partial charge in [0.2, 0.25) is 0 Å². The minimum absolute atomic E-state index is 0.175. The summed E-state index contributed by atoms with van der Waals surface area (Å²) in [6.45, 7) is 3.01. The summed E-state index contributed by atoms with van der Waals surface area (Å²) in [6, 6.07) is 9.19. The number of methoxy groups -OCH3 is 2. The molecule has 7 heteroatoms. The van der Waals surface area contributed by atoms with Gasteiger partial charge in [0.1, 0.15) is 0 Å². The van der Waals surface area contributed by atoms with Crippen LogP contribution in [0.4, 0.5) is 5.69 Å². The van der Waals surface area contributed by atoms with E-state index in [4.69, 9.17) is 31.5 Å². The van der Waals surface area contributed by atoms with E-state index in [1.54, 1.807) is 27.2 Å². The Morgan fingerprint density at radius 3 is 2.54 bits per heavy atom. The molecule has 1 aliphatic heterocycles. The number of esters is 1. The predicted molar refractivity (Wildman–Crippen MR) is 109 cm³/mol. The van der Waals surface area contributed by atoms with Crippen LogP contribution in [0, 0.1) is 0 Å². The molecule has 1 unspecified atom stereocenters. The molecule has 2 aromatic carbocycles. The standard InChI is InChI=1S/C21H25ClN2O4/c1-4-28-20(25)12-24-8-7-13-9-18(26-2)19(27-3)11-16(13)21(24)15-6-5-14(22)10-17(15)23/h5-6,9-11,21H,4,7-8,12,23H2,1-3H3. The molecule has 1 aliphatic rings. The molecule has 2 N–H and O–H groups in total. The maximum Gasteiger partial charge on any atom is 0.320 e. The summed E-state index contributed by atoms with van der Waals surface area (Å²) < 4.78 is 16.1. The highest BCUT2D eigenvalue weighted by Gasteiger charge is 2.33. The lowest BCUT2D eigenvalue weighted by atomic mass is 9.87. The Morgan fingerprint density at radius 2 is 1.89 bits per heavy atom. The largest absolute Gasteiger partial charge is 0.493 e. The van der Waals surface area contributed by atoms with Crippen molar-refractivity contribution in [1.82, 2.24) is 4.90 Å². The zero-order valence-corrected chi connectivity index (χ0v) is 17.1. The monoisotopic (exact) mass is 404 g/mol. The van der Waals surface area contributed by atoms with Crippen molar-refractivity contribution in [3.63, 3.8) is 0 Å². The average Bonchev–Trinajstić information content (AvgIpc) is 2.67. The van der Waals surface area contributed by atoms with Crippen LogP contribution in [0.2, 0.25) is 5.02 Å². The molecule has 3 rings (SSSR count). The molecular weight excluding hydrogens is 380 g/mol. The van der Waals surface area contributed by atoms with Gasteiger partial charge in [0, 0.05) is 17.3 Å². The number of hydrogen-bond donors (Lipinski definition) is 1. The number of halogens is 1. The molecule has 2 aromatic rings. The lowest BCUT2D eigenvalue weighted by Crippen LogP contribution is -2.40. The second kappa shape index (κ2) is 8.71. The summed E-state index contributed by atoms with van der Waals surface area (Å²) in [5, 5.41) is 0.571. The number of fused-ring (bicyclic) bond motifs is 1. The first-order valence-corrected chi connectivity index (χ1v) is 9.55. The van der Waals surface area contributed by atoms with Crippen LogP contribution in [0.5, 0.6) is 11.5 Å². The van der Waals surface area contributed by atoms with E-state index < -0.39 is 0 Å². The minimum Gasteiger partial charge on any atom is -0.493 e. The first-order chi connectivity index (χ1) is 13.5. The zero-order valence-electron chi connectivity index (χ0n) is 16.3. The van der Waals surface area contributed by atoms with Crippen molar-refractivity contribution >= 4 is 23.3 Å². The van der Waals surface area contributed by atoms with Crippen LogP contribution in [-0.2, 0) is 16.0 Å². The van der Waals surface area contributed by atoms with Gasteiger partial charge in [0.15, 0.2) is 11.5 Å². The van der Waals surface area contributed by atoms with E-state index in [0.29, 0.717) is 35.4 Å². The molecule has 1 atom stereocenters. The van der Waals surface area contributed by atoms with Crippen molar-refractivity contribution in [3.8, 4) is 11.5 Å². The number of anilines is 1. The predicted octanol–water partition coefficient (Wildman–Crippen LogP) is 3.45. The molecule has 0 saturated carbocycles. The summed E-state index contributed by atoms with van der Waals surface area (Å²) >= 11 is 6.10. The van der Waals surface area contributed by atoms with Crippen molar-refractivity contribution < 1.29 is 19.0 Å². The van der Waals surface area contributed by atoms with Crippen molar-refractivity contribution in [2.75, 3.05) is 39.6 Å². The number of ether oxygens (including phenoxy) is 3. The fraction of sp³-hybridized carbons (Fsp3) is 0.381. The van der Waals surface area contributed by atoms with E-state index in [1.165, 1.54) is 0 Å². The second-order valence-electron chi connectivity index (χ2n) is 6.61. The van der Waals surface area contributed by atoms with E-state index in [2.05, 4.69) is 4.90 Å². The molecule has 0 fully saturated rings. The normalized spacial score (nSPS) is 16.4. The van der Waals surface area contributed by atoms with Gasteiger partial charge in [-0.3, -0.25) is 9.69 Å². The summed E-state index contributed by atoms with van der Waals surface area (Å²) in [4.78, 5) is 14.3. The summed E-state index contributed by atoms with van der Waals surface area (Å²) in [7, 11) is 3.23. The SMILES string of the molecule is CCOC(=O)CN1CCc2cc(OC)c(OC)cc2C1c1ccc(Cl)cc1N. The van der Waals surface area contributed by atoms with E-state index in [-0.39, 0.29) is 18.6 Å². The second-order valence-corrected chi connectivity index (χ2v) is 7.04. The van der Waals surface area contributed by atoms with Gasteiger partial charge in [-0.1, -0.05) is 17.7 Å². The highest BCUT2D eigenvalue weighted by atomic mass is 35.5. The van der Waals surface area contributed by atoms with Gasteiger partial charge < -0.3 is 19.9 Å². The summed E-state index contributed by atoms with van der Waals surface area (Å²) in [5.41, 5.74) is 9.94. The Balaban J connectivity index is 2.11. The maximum absolute atomic E-state index is 12.2. The molecule has 0 amide bonds. The van der Waals surface area contributed by atoms with Crippen LogP contribution < -0.4 is 15.2 Å². The van der Waals surface area contributed by atoms with E-state index >= 15 is 0 Å². The van der Waals surface area contributed by atoms with Gasteiger partial charge in [-0.05, 0) is 54.3 Å². The van der Waals surface area contributed by atoms with Crippen molar-refractivity contribution in [2.24, 2.45) is 0 Å². The van der Waals surface area contributed by atoms with Crippen molar-refractivity contribution in [1.29, 1.82) is 0 Å². The summed E-state index contributed by atoms with van der Waals surface area (Å²) in [6.07, 6.45) is 0.777. The lowest BCUT2D eigenvalue weighted by molar-refractivity contribution is -0.145. The lowest BCUT2D eigenvalue weighted by Gasteiger charge is -2.38. The number of rotatable bonds is 6. The molecule has 0 bridgehead atoms. The molecule has 0 spiro atoms. The number of nitrogens with zero attached hydrogens (tertiary/aromatic N) is 1. The third kappa shape index (κ3) is 4.03. The number of hydrogen-bond acceptors (Lipinski definition) is 6. The third-order valence-corrected chi connectivity index (χ3v) is 5.19. The molecule has 28 heavy (non-hydrogen) atoms. The van der Waals surface area contributed by atoms with Gasteiger partial charge in [-0.2, -0.15) is 0 Å². The van der Waals surface area contributed by atoms with E-state index in [1.807, 2.05) is 24.3 Å². The molecule has 0 aromatic heterocycles. The molecule has 150 valence electrons. The zero-order chi connectivity index (χ0) is 20.3. The minimum atomic E-state index is -0.260. The topological polar surface area (TPSA) is 74.0 Å². The van der Waals surface area contributed by atoms with E-state index in [9.17, 15) is 4.79 Å². The molecule has 0 aliphatic carbocycles. The summed E-state index contributed by atoms with van der Waals surface area (Å²) in [5.74, 6) is 1.06. The Labute approximate surface area is 170 Å². The van der Waals surface area contributed by atoms with Crippen LogP contribution in [0.1, 0.15) is 29.7 Å². The molecular formula is C21H25ClN2O4. The van der Waals surface area contributed by atoms with Crippen molar-refractivity contribution in [3.05, 3.63) is 52.0 Å². The first kappa shape index (κ1) is 20.3. The van der Waals surface area contributed by atoms with Crippen molar-refractivity contribution in [2.45, 2.75) is 19.4 Å². The van der Waals surface area contributed by atoms with Gasteiger partial charge in [0.05, 0.1) is 33.4 Å². The van der Waals surface area contributed by atoms with Crippen LogP contribution in [0.15, 0.2) is 30.3 Å². The highest BCUT2D eigenvalue weighted by molar-refractivity contribution is 6.30. The van der Waals surface area contributed by atoms with Gasteiger partial charge in [-0.25, -0.2) is 0 Å². The average molecular weight is 405 g/mol. The number of carbonyl (C=O) groups excluding carboxylic acids is 1. The molecule has 0 saturated heterocycles. The molecule has 0 radical (unpaired) electrons. The first-order valence-electron chi connectivity index (χ1n) is 9.17.